The minimum absolute atomic E-state index is 0.222. The summed E-state index contributed by atoms with van der Waals surface area (Å²) in [4.78, 5) is 35.2. The molecular weight excluding hydrogens is 410 g/mol. The van der Waals surface area contributed by atoms with Crippen LogP contribution in [0.15, 0.2) is 12.2 Å². The van der Waals surface area contributed by atoms with Gasteiger partial charge in [0.1, 0.15) is 0 Å². The van der Waals surface area contributed by atoms with Crippen LogP contribution in [0.3, 0.4) is 0 Å². The summed E-state index contributed by atoms with van der Waals surface area (Å²) in [7, 11) is 0. The third kappa shape index (κ3) is 10.2. The van der Waals surface area contributed by atoms with E-state index < -0.39 is 40.5 Å². The monoisotopic (exact) mass is 456 g/mol. The lowest BCUT2D eigenvalue weighted by Crippen LogP contribution is -2.70. The number of nitrogens with zero attached hydrogens (tertiary/aromatic N) is 1. The third-order valence-corrected chi connectivity index (χ3v) is 6.77. The lowest BCUT2D eigenvalue weighted by atomic mass is 10.00. The molecule has 0 aromatic rings. The van der Waals surface area contributed by atoms with E-state index in [1.54, 1.807) is 0 Å². The molecule has 186 valence electrons. The fourth-order valence-corrected chi connectivity index (χ4v) is 4.49. The van der Waals surface area contributed by atoms with Crippen LogP contribution in [-0.4, -0.2) is 62.4 Å². The number of unbranched alkanes of at least 4 members (excludes halogenated alkanes) is 10. The molecule has 3 N–H and O–H groups in total. The van der Waals surface area contributed by atoms with E-state index >= 15 is 0 Å². The number of aliphatic carboxylic acids is 3. The number of carboxylic acid groups (broad SMARTS) is 3. The van der Waals surface area contributed by atoms with Crippen molar-refractivity contribution in [1.82, 2.24) is 0 Å². The molecule has 0 bridgehead atoms. The molecule has 0 aromatic heterocycles. The standard InChI is InChI=1S/C25H45NO6/c1-5-6-7-8-9-10-11-12-13-14-15-16-17-18-19-26(20(2)23(27)28,21(3)24(29)30)22(4)25(31)32/h7-8,20-22H,5-6,9-19H2,1-4H3,(H2-,27,28,29,30,31,32)/p+1/b8-7+. The van der Waals surface area contributed by atoms with E-state index in [0.29, 0.717) is 6.42 Å². The van der Waals surface area contributed by atoms with Gasteiger partial charge < -0.3 is 15.3 Å². The first-order chi connectivity index (χ1) is 15.1. The summed E-state index contributed by atoms with van der Waals surface area (Å²) >= 11 is 0. The van der Waals surface area contributed by atoms with E-state index in [4.69, 9.17) is 0 Å². The largest absolute Gasteiger partial charge is 0.477 e. The maximum atomic E-state index is 11.7. The summed E-state index contributed by atoms with van der Waals surface area (Å²) in [5.74, 6) is -3.52. The lowest BCUT2D eigenvalue weighted by molar-refractivity contribution is -0.968. The van der Waals surface area contributed by atoms with Crippen molar-refractivity contribution in [3.8, 4) is 0 Å². The smallest absolute Gasteiger partial charge is 0.362 e. The molecule has 32 heavy (non-hydrogen) atoms. The molecule has 0 fully saturated rings. The minimum atomic E-state index is -1.17. The van der Waals surface area contributed by atoms with Gasteiger partial charge in [-0.2, -0.15) is 0 Å². The maximum Gasteiger partial charge on any atom is 0.362 e. The van der Waals surface area contributed by atoms with Gasteiger partial charge in [0.2, 0.25) is 0 Å². The average molecular weight is 457 g/mol. The van der Waals surface area contributed by atoms with Crippen molar-refractivity contribution in [2.45, 2.75) is 123 Å². The van der Waals surface area contributed by atoms with E-state index in [9.17, 15) is 29.7 Å². The van der Waals surface area contributed by atoms with Crippen LogP contribution in [0.25, 0.3) is 0 Å². The first-order valence-electron chi connectivity index (χ1n) is 12.3. The Morgan fingerprint density at radius 3 is 1.34 bits per heavy atom. The summed E-state index contributed by atoms with van der Waals surface area (Å²) < 4.78 is -0.479. The maximum absolute atomic E-state index is 11.7. The van der Waals surface area contributed by atoms with Crippen molar-refractivity contribution in [3.05, 3.63) is 12.2 Å². The van der Waals surface area contributed by atoms with Gasteiger partial charge in [0.15, 0.2) is 18.1 Å². The highest BCUT2D eigenvalue weighted by Crippen LogP contribution is 2.27. The van der Waals surface area contributed by atoms with Gasteiger partial charge in [-0.3, -0.25) is 4.48 Å². The van der Waals surface area contributed by atoms with Gasteiger partial charge in [-0.1, -0.05) is 64.0 Å². The molecule has 0 spiro atoms. The molecule has 0 amide bonds. The van der Waals surface area contributed by atoms with Gasteiger partial charge in [0.25, 0.3) is 0 Å². The van der Waals surface area contributed by atoms with E-state index in [0.717, 1.165) is 32.1 Å². The number of quaternary nitrogens is 1. The predicted molar refractivity (Wildman–Crippen MR) is 127 cm³/mol. The molecule has 0 saturated heterocycles. The first kappa shape index (κ1) is 30.1. The Bertz CT molecular complexity index is 539. The number of rotatable bonds is 20. The SMILES string of the molecule is CCC/C=C/CCCCCCCCCCC[N+](C(C)C(=O)O)(C(C)C(=O)O)C(C)C(=O)O. The highest BCUT2D eigenvalue weighted by atomic mass is 16.4. The Morgan fingerprint density at radius 1 is 0.625 bits per heavy atom. The zero-order valence-corrected chi connectivity index (χ0v) is 20.6. The molecule has 0 aliphatic rings. The van der Waals surface area contributed by atoms with Crippen LogP contribution in [0.2, 0.25) is 0 Å². The number of carboxylic acids is 3. The van der Waals surface area contributed by atoms with E-state index in [1.165, 1.54) is 59.3 Å². The Kier molecular flexibility index (Phi) is 15.7. The van der Waals surface area contributed by atoms with Crippen molar-refractivity contribution in [2.75, 3.05) is 6.54 Å². The fraction of sp³-hybridized carbons (Fsp3) is 0.800. The molecule has 0 heterocycles. The molecule has 0 rings (SSSR count). The Balaban J connectivity index is 4.50. The van der Waals surface area contributed by atoms with Crippen molar-refractivity contribution >= 4 is 17.9 Å². The van der Waals surface area contributed by atoms with Gasteiger partial charge in [0, 0.05) is 0 Å². The molecule has 7 heteroatoms. The number of carbonyl (C=O) groups is 3. The summed E-state index contributed by atoms with van der Waals surface area (Å²) in [5.41, 5.74) is 0. The number of hydrogen-bond acceptors (Lipinski definition) is 3. The number of allylic oxidation sites excluding steroid dienone is 2. The summed E-state index contributed by atoms with van der Waals surface area (Å²) in [5, 5.41) is 28.8. The Morgan fingerprint density at radius 2 is 0.969 bits per heavy atom. The second-order valence-electron chi connectivity index (χ2n) is 8.99. The third-order valence-electron chi connectivity index (χ3n) is 6.77. The molecule has 0 aromatic carbocycles. The van der Waals surface area contributed by atoms with Crippen molar-refractivity contribution < 1.29 is 34.2 Å². The van der Waals surface area contributed by atoms with Crippen molar-refractivity contribution in [3.63, 3.8) is 0 Å². The molecule has 0 aliphatic carbocycles. The van der Waals surface area contributed by atoms with Gasteiger partial charge in [-0.05, 0) is 52.9 Å². The second kappa shape index (κ2) is 16.7. The quantitative estimate of drug-likeness (QED) is 0.127. The van der Waals surface area contributed by atoms with Gasteiger partial charge in [-0.25, -0.2) is 14.4 Å². The normalized spacial score (nSPS) is 16.4. The van der Waals surface area contributed by atoms with E-state index in [1.807, 2.05) is 0 Å². The predicted octanol–water partition coefficient (Wildman–Crippen LogP) is 5.48. The molecule has 3 atom stereocenters. The zero-order chi connectivity index (χ0) is 24.6. The van der Waals surface area contributed by atoms with Crippen molar-refractivity contribution in [2.24, 2.45) is 0 Å². The van der Waals surface area contributed by atoms with E-state index in [-0.39, 0.29) is 6.54 Å². The van der Waals surface area contributed by atoms with Gasteiger partial charge >= 0.3 is 17.9 Å². The summed E-state index contributed by atoms with van der Waals surface area (Å²) in [6, 6.07) is -3.36. The van der Waals surface area contributed by atoms with Crippen LogP contribution in [0.1, 0.15) is 105 Å². The molecular formula is C25H46NO6+. The van der Waals surface area contributed by atoms with Crippen LogP contribution in [0, 0.1) is 0 Å². The van der Waals surface area contributed by atoms with Crippen LogP contribution < -0.4 is 0 Å². The Labute approximate surface area is 194 Å². The molecule has 7 nitrogen and oxygen atoms in total. The van der Waals surface area contributed by atoms with Gasteiger partial charge in [0.05, 0.1) is 6.54 Å². The average Bonchev–Trinajstić information content (AvgIpc) is 2.75. The van der Waals surface area contributed by atoms with Crippen LogP contribution >= 0.6 is 0 Å². The molecule has 0 saturated carbocycles. The van der Waals surface area contributed by atoms with Crippen molar-refractivity contribution in [1.29, 1.82) is 0 Å². The highest BCUT2D eigenvalue weighted by molar-refractivity contribution is 5.77. The minimum Gasteiger partial charge on any atom is -0.477 e. The first-order valence-corrected chi connectivity index (χ1v) is 12.3. The van der Waals surface area contributed by atoms with Gasteiger partial charge in [-0.15, -0.1) is 0 Å². The zero-order valence-electron chi connectivity index (χ0n) is 20.6. The van der Waals surface area contributed by atoms with Crippen LogP contribution in [0.5, 0.6) is 0 Å². The second-order valence-corrected chi connectivity index (χ2v) is 8.99. The van der Waals surface area contributed by atoms with Crippen LogP contribution in [0.4, 0.5) is 0 Å². The van der Waals surface area contributed by atoms with Crippen LogP contribution in [-0.2, 0) is 14.4 Å². The molecule has 0 radical (unpaired) electrons. The lowest BCUT2D eigenvalue weighted by Gasteiger charge is -2.47. The van der Waals surface area contributed by atoms with E-state index in [2.05, 4.69) is 19.1 Å². The topological polar surface area (TPSA) is 112 Å². The highest BCUT2D eigenvalue weighted by Gasteiger charge is 2.52. The summed E-state index contributed by atoms with van der Waals surface area (Å²) in [6.45, 7) is 6.66. The molecule has 3 unspecified atom stereocenters. The number of hydrogen-bond donors (Lipinski definition) is 3. The Hall–Kier alpha value is -1.89. The fourth-order valence-electron chi connectivity index (χ4n) is 4.49. The summed E-state index contributed by atoms with van der Waals surface area (Å²) in [6.07, 6.45) is 17.7. The molecule has 0 aliphatic heterocycles.